The smallest absolute Gasteiger partial charge is 0.141 e. The fourth-order valence-electron chi connectivity index (χ4n) is 2.31. The minimum Gasteiger partial charge on any atom is -0.469 e. The van der Waals surface area contributed by atoms with Crippen molar-refractivity contribution < 1.29 is 9.21 Å². The Morgan fingerprint density at radius 2 is 2.07 bits per heavy atom. The summed E-state index contributed by atoms with van der Waals surface area (Å²) in [6.45, 7) is 6.33. The third-order valence-corrected chi connectivity index (χ3v) is 2.88. The van der Waals surface area contributed by atoms with Gasteiger partial charge in [-0.1, -0.05) is 20.8 Å². The summed E-state index contributed by atoms with van der Waals surface area (Å²) in [5, 5.41) is 0. The molecule has 1 atom stereocenters. The van der Waals surface area contributed by atoms with Gasteiger partial charge in [0.15, 0.2) is 0 Å². The van der Waals surface area contributed by atoms with Crippen LogP contribution in [0.3, 0.4) is 0 Å². The first-order valence-electron chi connectivity index (χ1n) is 5.09. The molecular weight excluding hydrogens is 176 g/mol. The van der Waals surface area contributed by atoms with Gasteiger partial charge in [0.05, 0.1) is 12.2 Å². The van der Waals surface area contributed by atoms with Crippen LogP contribution < -0.4 is 0 Å². The molecule has 1 aliphatic carbocycles. The molecule has 0 amide bonds. The van der Waals surface area contributed by atoms with E-state index in [1.54, 1.807) is 6.26 Å². The molecule has 0 radical (unpaired) electrons. The Morgan fingerprint density at radius 1 is 1.36 bits per heavy atom. The van der Waals surface area contributed by atoms with Crippen molar-refractivity contribution in [3.8, 4) is 0 Å². The average molecular weight is 192 g/mol. The van der Waals surface area contributed by atoms with Gasteiger partial charge in [-0.05, 0) is 11.5 Å². The van der Waals surface area contributed by atoms with E-state index >= 15 is 0 Å². The van der Waals surface area contributed by atoms with Crippen molar-refractivity contribution in [2.75, 3.05) is 0 Å². The van der Waals surface area contributed by atoms with E-state index in [2.05, 4.69) is 20.8 Å². The zero-order valence-electron chi connectivity index (χ0n) is 8.96. The fraction of sp³-hybridized carbons (Fsp3) is 0.583. The van der Waals surface area contributed by atoms with E-state index in [9.17, 15) is 4.79 Å². The summed E-state index contributed by atoms with van der Waals surface area (Å²) in [6, 6.07) is 1.95. The number of fused-ring (bicyclic) bond motifs is 1. The van der Waals surface area contributed by atoms with Crippen molar-refractivity contribution in [1.82, 2.24) is 0 Å². The number of Topliss-reactive ketones (excluding diaryl/α,β-unsaturated/α-hetero) is 1. The van der Waals surface area contributed by atoms with Gasteiger partial charge in [0.2, 0.25) is 0 Å². The second-order valence-electron chi connectivity index (χ2n) is 5.06. The maximum atomic E-state index is 11.9. The molecule has 0 aromatic carbocycles. The third kappa shape index (κ3) is 1.39. The molecule has 1 aromatic heterocycles. The van der Waals surface area contributed by atoms with Gasteiger partial charge in [0.25, 0.3) is 0 Å². The summed E-state index contributed by atoms with van der Waals surface area (Å²) in [5.74, 6) is 1.38. The second-order valence-corrected chi connectivity index (χ2v) is 5.06. The Hall–Kier alpha value is -1.05. The monoisotopic (exact) mass is 192 g/mol. The van der Waals surface area contributed by atoms with Gasteiger partial charge in [0, 0.05) is 18.4 Å². The molecule has 0 fully saturated rings. The lowest BCUT2D eigenvalue weighted by atomic mass is 9.70. The molecule has 1 heterocycles. The van der Waals surface area contributed by atoms with Crippen LogP contribution in [0.15, 0.2) is 16.7 Å². The van der Waals surface area contributed by atoms with Crippen molar-refractivity contribution >= 4 is 5.78 Å². The van der Waals surface area contributed by atoms with E-state index in [1.165, 1.54) is 0 Å². The molecule has 1 aromatic rings. The van der Waals surface area contributed by atoms with Gasteiger partial charge in [-0.2, -0.15) is 0 Å². The lowest BCUT2D eigenvalue weighted by molar-refractivity contribution is -0.123. The highest BCUT2D eigenvalue weighted by Gasteiger charge is 2.37. The topological polar surface area (TPSA) is 30.2 Å². The quantitative estimate of drug-likeness (QED) is 0.632. The normalized spacial score (nSPS) is 22.2. The van der Waals surface area contributed by atoms with Crippen LogP contribution in [-0.4, -0.2) is 5.78 Å². The first-order valence-corrected chi connectivity index (χ1v) is 5.09. The number of ketones is 1. The van der Waals surface area contributed by atoms with E-state index in [1.807, 2.05) is 6.07 Å². The Balaban J connectivity index is 2.47. The zero-order valence-corrected chi connectivity index (χ0v) is 8.96. The van der Waals surface area contributed by atoms with Gasteiger partial charge in [-0.3, -0.25) is 4.79 Å². The van der Waals surface area contributed by atoms with Crippen LogP contribution in [0.25, 0.3) is 0 Å². The van der Waals surface area contributed by atoms with Crippen LogP contribution in [0.1, 0.15) is 44.4 Å². The summed E-state index contributed by atoms with van der Waals surface area (Å²) in [5.41, 5.74) is 1.10. The van der Waals surface area contributed by atoms with Crippen LogP contribution >= 0.6 is 0 Å². The van der Waals surface area contributed by atoms with E-state index in [4.69, 9.17) is 4.42 Å². The molecule has 0 saturated heterocycles. The number of rotatable bonds is 0. The molecule has 0 saturated carbocycles. The SMILES string of the molecule is CC(C)(C)C1C(=O)CCc2occc21. The Bertz CT molecular complexity index is 355. The largest absolute Gasteiger partial charge is 0.469 e. The van der Waals surface area contributed by atoms with Gasteiger partial charge in [0.1, 0.15) is 11.5 Å². The predicted octanol–water partition coefficient (Wildman–Crippen LogP) is 2.92. The molecule has 14 heavy (non-hydrogen) atoms. The molecule has 0 N–H and O–H groups in total. The third-order valence-electron chi connectivity index (χ3n) is 2.88. The Morgan fingerprint density at radius 3 is 2.71 bits per heavy atom. The fourth-order valence-corrected chi connectivity index (χ4v) is 2.31. The van der Waals surface area contributed by atoms with E-state index < -0.39 is 0 Å². The van der Waals surface area contributed by atoms with E-state index in [0.717, 1.165) is 17.7 Å². The highest BCUT2D eigenvalue weighted by atomic mass is 16.3. The molecular formula is C12H16O2. The van der Waals surface area contributed by atoms with Crippen LogP contribution in [-0.2, 0) is 11.2 Å². The minimum absolute atomic E-state index is 0.00384. The van der Waals surface area contributed by atoms with Crippen molar-refractivity contribution in [3.63, 3.8) is 0 Å². The molecule has 0 spiro atoms. The van der Waals surface area contributed by atoms with Crippen molar-refractivity contribution in [2.45, 2.75) is 39.5 Å². The maximum absolute atomic E-state index is 11.9. The lowest BCUT2D eigenvalue weighted by Gasteiger charge is -2.32. The Labute approximate surface area is 84.3 Å². The van der Waals surface area contributed by atoms with Crippen LogP contribution in [0.4, 0.5) is 0 Å². The van der Waals surface area contributed by atoms with E-state index in [0.29, 0.717) is 12.2 Å². The number of hydrogen-bond acceptors (Lipinski definition) is 2. The van der Waals surface area contributed by atoms with Gasteiger partial charge >= 0.3 is 0 Å². The van der Waals surface area contributed by atoms with Crippen LogP contribution in [0.5, 0.6) is 0 Å². The standard InChI is InChI=1S/C12H16O2/c1-12(2,3)11-8-6-7-14-10(8)5-4-9(11)13/h6-7,11H,4-5H2,1-3H3. The number of hydrogen-bond donors (Lipinski definition) is 0. The van der Waals surface area contributed by atoms with E-state index in [-0.39, 0.29) is 11.3 Å². The minimum atomic E-state index is -0.00384. The number of furan rings is 1. The molecule has 2 nitrogen and oxygen atoms in total. The molecule has 0 aliphatic heterocycles. The van der Waals surface area contributed by atoms with Crippen molar-refractivity contribution in [1.29, 1.82) is 0 Å². The van der Waals surface area contributed by atoms with Gasteiger partial charge in [-0.25, -0.2) is 0 Å². The first-order chi connectivity index (χ1) is 6.50. The highest BCUT2D eigenvalue weighted by Crippen LogP contribution is 2.41. The lowest BCUT2D eigenvalue weighted by Crippen LogP contribution is -2.30. The number of carbonyl (C=O) groups is 1. The highest BCUT2D eigenvalue weighted by molar-refractivity contribution is 5.88. The summed E-state index contributed by atoms with van der Waals surface area (Å²) in [4.78, 5) is 11.9. The van der Waals surface area contributed by atoms with Crippen LogP contribution in [0, 0.1) is 5.41 Å². The predicted molar refractivity (Wildman–Crippen MR) is 54.2 cm³/mol. The maximum Gasteiger partial charge on any atom is 0.141 e. The van der Waals surface area contributed by atoms with Gasteiger partial charge < -0.3 is 4.42 Å². The summed E-state index contributed by atoms with van der Waals surface area (Å²) in [7, 11) is 0. The van der Waals surface area contributed by atoms with Gasteiger partial charge in [-0.15, -0.1) is 0 Å². The summed E-state index contributed by atoms with van der Waals surface area (Å²) >= 11 is 0. The van der Waals surface area contributed by atoms with Crippen molar-refractivity contribution in [2.24, 2.45) is 5.41 Å². The number of aryl methyl sites for hydroxylation is 1. The van der Waals surface area contributed by atoms with Crippen LogP contribution in [0.2, 0.25) is 0 Å². The average Bonchev–Trinajstić information content (AvgIpc) is 2.48. The second kappa shape index (κ2) is 2.97. The number of carbonyl (C=O) groups excluding carboxylic acids is 1. The molecule has 76 valence electrons. The molecule has 0 bridgehead atoms. The Kier molecular flexibility index (Phi) is 2.02. The first kappa shape index (κ1) is 9.50. The summed E-state index contributed by atoms with van der Waals surface area (Å²) in [6.07, 6.45) is 3.10. The van der Waals surface area contributed by atoms with Crippen molar-refractivity contribution in [3.05, 3.63) is 23.7 Å². The molecule has 2 rings (SSSR count). The zero-order chi connectivity index (χ0) is 10.3. The molecule has 1 aliphatic rings. The molecule has 1 unspecified atom stereocenters. The summed E-state index contributed by atoms with van der Waals surface area (Å²) < 4.78 is 5.38. The molecule has 2 heteroatoms.